The summed E-state index contributed by atoms with van der Waals surface area (Å²) >= 11 is 5.83. The van der Waals surface area contributed by atoms with Gasteiger partial charge in [-0.05, 0) is 17.3 Å². The van der Waals surface area contributed by atoms with Crippen molar-refractivity contribution in [3.8, 4) is 0 Å². The van der Waals surface area contributed by atoms with Gasteiger partial charge in [-0.25, -0.2) is 4.42 Å². The average Bonchev–Trinajstić information content (AvgIpc) is 2.06. The van der Waals surface area contributed by atoms with Crippen LogP contribution in [0.5, 0.6) is 0 Å². The van der Waals surface area contributed by atoms with Crippen LogP contribution in [0.4, 0.5) is 0 Å². The van der Waals surface area contributed by atoms with E-state index in [1.807, 2.05) is 25.1 Å². The second-order valence-electron chi connectivity index (χ2n) is 2.42. The van der Waals surface area contributed by atoms with E-state index in [0.717, 1.165) is 13.1 Å². The van der Waals surface area contributed by atoms with E-state index in [0.29, 0.717) is 0 Å². The summed E-state index contributed by atoms with van der Waals surface area (Å²) in [4.78, 5) is 0. The SMILES string of the molecule is CCN(Cl)Cc1ccccc1.Cl. The van der Waals surface area contributed by atoms with Gasteiger partial charge in [0.25, 0.3) is 0 Å². The molecule has 68 valence electrons. The predicted molar refractivity (Wildman–Crippen MR) is 55.6 cm³/mol. The number of hydrogen-bond acceptors (Lipinski definition) is 1. The smallest absolute Gasteiger partial charge is 0.0389 e. The largest absolute Gasteiger partial charge is 0.216 e. The quantitative estimate of drug-likeness (QED) is 0.687. The van der Waals surface area contributed by atoms with Gasteiger partial charge < -0.3 is 0 Å². The molecule has 0 heterocycles. The van der Waals surface area contributed by atoms with Crippen molar-refractivity contribution in [3.63, 3.8) is 0 Å². The van der Waals surface area contributed by atoms with Crippen LogP contribution in [0.2, 0.25) is 0 Å². The number of nitrogens with zero attached hydrogens (tertiary/aromatic N) is 1. The molecule has 1 nitrogen and oxygen atoms in total. The second-order valence-corrected chi connectivity index (χ2v) is 2.90. The van der Waals surface area contributed by atoms with E-state index in [-0.39, 0.29) is 12.4 Å². The molecule has 0 amide bonds. The van der Waals surface area contributed by atoms with E-state index in [2.05, 4.69) is 12.1 Å². The Kier molecular flexibility index (Phi) is 6.17. The van der Waals surface area contributed by atoms with Gasteiger partial charge in [-0.3, -0.25) is 0 Å². The lowest BCUT2D eigenvalue weighted by Crippen LogP contribution is -2.09. The van der Waals surface area contributed by atoms with Crippen LogP contribution in [-0.4, -0.2) is 11.0 Å². The monoisotopic (exact) mass is 205 g/mol. The lowest BCUT2D eigenvalue weighted by Gasteiger charge is -2.09. The van der Waals surface area contributed by atoms with Crippen molar-refractivity contribution >= 4 is 24.2 Å². The molecule has 0 unspecified atom stereocenters. The van der Waals surface area contributed by atoms with Crippen LogP contribution in [0.1, 0.15) is 12.5 Å². The molecule has 0 aliphatic rings. The van der Waals surface area contributed by atoms with Crippen molar-refractivity contribution in [1.29, 1.82) is 0 Å². The topological polar surface area (TPSA) is 3.24 Å². The van der Waals surface area contributed by atoms with E-state index in [9.17, 15) is 0 Å². The van der Waals surface area contributed by atoms with Gasteiger partial charge in [-0.2, -0.15) is 0 Å². The second kappa shape index (κ2) is 6.30. The minimum atomic E-state index is 0. The van der Waals surface area contributed by atoms with Gasteiger partial charge in [-0.1, -0.05) is 37.3 Å². The van der Waals surface area contributed by atoms with Gasteiger partial charge in [0.2, 0.25) is 0 Å². The lowest BCUT2D eigenvalue weighted by atomic mass is 10.2. The molecule has 0 radical (unpaired) electrons. The van der Waals surface area contributed by atoms with Crippen molar-refractivity contribution < 1.29 is 0 Å². The Morgan fingerprint density at radius 2 is 1.83 bits per heavy atom. The van der Waals surface area contributed by atoms with Crippen LogP contribution in [-0.2, 0) is 6.54 Å². The molecule has 1 aromatic carbocycles. The average molecular weight is 206 g/mol. The summed E-state index contributed by atoms with van der Waals surface area (Å²) < 4.78 is 1.76. The van der Waals surface area contributed by atoms with Crippen molar-refractivity contribution in [2.75, 3.05) is 6.54 Å². The summed E-state index contributed by atoms with van der Waals surface area (Å²) in [5.74, 6) is 0. The zero-order chi connectivity index (χ0) is 8.10. The minimum absolute atomic E-state index is 0. The van der Waals surface area contributed by atoms with E-state index in [4.69, 9.17) is 11.8 Å². The first-order valence-corrected chi connectivity index (χ1v) is 4.11. The first-order chi connectivity index (χ1) is 5.33. The minimum Gasteiger partial charge on any atom is -0.216 e. The summed E-state index contributed by atoms with van der Waals surface area (Å²) in [6.07, 6.45) is 0. The number of rotatable bonds is 3. The van der Waals surface area contributed by atoms with E-state index < -0.39 is 0 Å². The fourth-order valence-corrected chi connectivity index (χ4v) is 1.03. The Morgan fingerprint density at radius 1 is 1.25 bits per heavy atom. The number of halogens is 2. The molecule has 0 atom stereocenters. The first kappa shape index (κ1) is 11.8. The molecule has 3 heteroatoms. The maximum atomic E-state index is 5.83. The third kappa shape index (κ3) is 3.96. The first-order valence-electron chi connectivity index (χ1n) is 3.77. The summed E-state index contributed by atoms with van der Waals surface area (Å²) in [5, 5.41) is 0. The van der Waals surface area contributed by atoms with Gasteiger partial charge in [-0.15, -0.1) is 12.4 Å². The van der Waals surface area contributed by atoms with Crippen LogP contribution >= 0.6 is 24.2 Å². The summed E-state index contributed by atoms with van der Waals surface area (Å²) in [6.45, 7) is 3.73. The van der Waals surface area contributed by atoms with E-state index in [1.165, 1.54) is 5.56 Å². The van der Waals surface area contributed by atoms with Crippen LogP contribution in [0.25, 0.3) is 0 Å². The highest BCUT2D eigenvalue weighted by molar-refractivity contribution is 6.13. The van der Waals surface area contributed by atoms with Gasteiger partial charge >= 0.3 is 0 Å². The van der Waals surface area contributed by atoms with E-state index in [1.54, 1.807) is 4.42 Å². The van der Waals surface area contributed by atoms with Crippen molar-refractivity contribution in [2.24, 2.45) is 0 Å². The van der Waals surface area contributed by atoms with Gasteiger partial charge in [0.1, 0.15) is 0 Å². The van der Waals surface area contributed by atoms with Gasteiger partial charge in [0, 0.05) is 13.1 Å². The van der Waals surface area contributed by atoms with E-state index >= 15 is 0 Å². The molecule has 0 bridgehead atoms. The third-order valence-electron chi connectivity index (χ3n) is 1.54. The Labute approximate surface area is 84.9 Å². The number of benzene rings is 1. The molecule has 0 saturated heterocycles. The molecular weight excluding hydrogens is 193 g/mol. The molecule has 12 heavy (non-hydrogen) atoms. The van der Waals surface area contributed by atoms with Gasteiger partial charge in [0.15, 0.2) is 0 Å². The Hall–Kier alpha value is -0.240. The highest BCUT2D eigenvalue weighted by atomic mass is 35.5. The normalized spacial score (nSPS) is 9.58. The van der Waals surface area contributed by atoms with Crippen LogP contribution in [0.3, 0.4) is 0 Å². The van der Waals surface area contributed by atoms with Crippen LogP contribution < -0.4 is 0 Å². The zero-order valence-electron chi connectivity index (χ0n) is 7.03. The molecule has 0 saturated carbocycles. The molecule has 1 rings (SSSR count). The predicted octanol–water partition coefficient (Wildman–Crippen LogP) is 3.08. The zero-order valence-corrected chi connectivity index (χ0v) is 8.61. The van der Waals surface area contributed by atoms with Crippen molar-refractivity contribution in [3.05, 3.63) is 35.9 Å². The maximum absolute atomic E-state index is 5.83. The standard InChI is InChI=1S/C9H12ClN.ClH/c1-2-11(10)8-9-6-4-3-5-7-9;/h3-7H,2,8H2,1H3;1H. The molecule has 0 aliphatic heterocycles. The molecule has 0 N–H and O–H groups in total. The fourth-order valence-electron chi connectivity index (χ4n) is 0.893. The van der Waals surface area contributed by atoms with Crippen LogP contribution in [0, 0.1) is 0 Å². The van der Waals surface area contributed by atoms with Crippen LogP contribution in [0.15, 0.2) is 30.3 Å². The molecule has 0 aliphatic carbocycles. The maximum Gasteiger partial charge on any atom is 0.0389 e. The highest BCUT2D eigenvalue weighted by Crippen LogP contribution is 2.05. The summed E-state index contributed by atoms with van der Waals surface area (Å²) in [5.41, 5.74) is 1.25. The molecule has 0 spiro atoms. The molecule has 0 fully saturated rings. The molecule has 1 aromatic rings. The summed E-state index contributed by atoms with van der Waals surface area (Å²) in [6, 6.07) is 10.2. The fraction of sp³-hybridized carbons (Fsp3) is 0.333. The lowest BCUT2D eigenvalue weighted by molar-refractivity contribution is 0.475. The Morgan fingerprint density at radius 3 is 2.33 bits per heavy atom. The Bertz CT molecular complexity index is 201. The van der Waals surface area contributed by atoms with Gasteiger partial charge in [0.05, 0.1) is 0 Å². The molecular formula is C9H13Cl2N. The summed E-state index contributed by atoms with van der Waals surface area (Å²) in [7, 11) is 0. The number of hydrogen-bond donors (Lipinski definition) is 0. The van der Waals surface area contributed by atoms with Crippen molar-refractivity contribution in [1.82, 2.24) is 4.42 Å². The molecule has 0 aromatic heterocycles. The van der Waals surface area contributed by atoms with Crippen molar-refractivity contribution in [2.45, 2.75) is 13.5 Å². The third-order valence-corrected chi connectivity index (χ3v) is 1.90. The highest BCUT2D eigenvalue weighted by Gasteiger charge is 1.96. The Balaban J connectivity index is 0.00000121.